The molecule has 20 heavy (non-hydrogen) atoms. The first kappa shape index (κ1) is 14.7. The van der Waals surface area contributed by atoms with E-state index in [1.54, 1.807) is 12.1 Å². The van der Waals surface area contributed by atoms with E-state index in [4.69, 9.17) is 10.5 Å². The highest BCUT2D eigenvalue weighted by molar-refractivity contribution is 5.96. The van der Waals surface area contributed by atoms with Gasteiger partial charge < -0.3 is 20.7 Å². The predicted octanol–water partition coefficient (Wildman–Crippen LogP) is 1.63. The summed E-state index contributed by atoms with van der Waals surface area (Å²) in [4.78, 5) is 14.1. The minimum atomic E-state index is -0.0666. The maximum atomic E-state index is 11.9. The van der Waals surface area contributed by atoms with Crippen LogP contribution in [0.3, 0.4) is 0 Å². The molecule has 3 N–H and O–H groups in total. The fourth-order valence-corrected chi connectivity index (χ4v) is 2.60. The van der Waals surface area contributed by atoms with Gasteiger partial charge in [-0.25, -0.2) is 0 Å². The van der Waals surface area contributed by atoms with Gasteiger partial charge in [-0.2, -0.15) is 0 Å². The maximum absolute atomic E-state index is 11.9. The molecule has 1 fully saturated rings. The summed E-state index contributed by atoms with van der Waals surface area (Å²) in [5.74, 6) is -0.0666. The second-order valence-electron chi connectivity index (χ2n) is 5.30. The summed E-state index contributed by atoms with van der Waals surface area (Å²) in [5, 5.41) is 2.81. The number of nitrogens with zero attached hydrogens (tertiary/aromatic N) is 1. The third-order valence-electron chi connectivity index (χ3n) is 3.39. The molecule has 0 aliphatic carbocycles. The molecule has 0 bridgehead atoms. The van der Waals surface area contributed by atoms with Crippen LogP contribution in [0.15, 0.2) is 18.2 Å². The lowest BCUT2D eigenvalue weighted by molar-refractivity contribution is -0.00517. The molecule has 1 aliphatic heterocycles. The number of benzene rings is 1. The average molecular weight is 277 g/mol. The van der Waals surface area contributed by atoms with Crippen LogP contribution in [-0.4, -0.2) is 37.7 Å². The van der Waals surface area contributed by atoms with Crippen molar-refractivity contribution in [3.8, 4) is 0 Å². The van der Waals surface area contributed by atoms with Gasteiger partial charge in [-0.15, -0.1) is 0 Å². The molecule has 1 aliphatic rings. The van der Waals surface area contributed by atoms with Crippen molar-refractivity contribution in [1.29, 1.82) is 0 Å². The van der Waals surface area contributed by atoms with Crippen molar-refractivity contribution in [3.63, 3.8) is 0 Å². The molecule has 5 heteroatoms. The summed E-state index contributed by atoms with van der Waals surface area (Å²) < 4.78 is 5.73. The fraction of sp³-hybridized carbons (Fsp3) is 0.533. The SMILES string of the molecule is CCNC(=O)c1ccc(N)c(N2C[C@@H](C)O[C@@H](C)C2)c1. The van der Waals surface area contributed by atoms with Crippen molar-refractivity contribution < 1.29 is 9.53 Å². The molecule has 5 nitrogen and oxygen atoms in total. The lowest BCUT2D eigenvalue weighted by Crippen LogP contribution is -2.45. The van der Waals surface area contributed by atoms with Crippen LogP contribution in [0.2, 0.25) is 0 Å². The first-order valence-corrected chi connectivity index (χ1v) is 7.09. The number of nitrogens with two attached hydrogens (primary N) is 1. The Morgan fingerprint density at radius 3 is 2.65 bits per heavy atom. The lowest BCUT2D eigenvalue weighted by Gasteiger charge is -2.37. The second kappa shape index (κ2) is 6.13. The molecule has 2 rings (SSSR count). The van der Waals surface area contributed by atoms with Crippen LogP contribution in [-0.2, 0) is 4.74 Å². The zero-order valence-corrected chi connectivity index (χ0v) is 12.3. The summed E-state index contributed by atoms with van der Waals surface area (Å²) in [6.07, 6.45) is 0.317. The topological polar surface area (TPSA) is 67.6 Å². The first-order valence-electron chi connectivity index (χ1n) is 7.09. The molecule has 110 valence electrons. The number of hydrogen-bond acceptors (Lipinski definition) is 4. The Kier molecular flexibility index (Phi) is 4.49. The van der Waals surface area contributed by atoms with Gasteiger partial charge in [-0.3, -0.25) is 4.79 Å². The van der Waals surface area contributed by atoms with Crippen LogP contribution in [0.5, 0.6) is 0 Å². The average Bonchev–Trinajstić information content (AvgIpc) is 2.38. The van der Waals surface area contributed by atoms with Crippen LogP contribution in [0, 0.1) is 0 Å². The van der Waals surface area contributed by atoms with Crippen LogP contribution < -0.4 is 16.0 Å². The normalized spacial score (nSPS) is 22.6. The molecule has 0 saturated carbocycles. The second-order valence-corrected chi connectivity index (χ2v) is 5.30. The van der Waals surface area contributed by atoms with E-state index in [1.165, 1.54) is 0 Å². The van der Waals surface area contributed by atoms with Gasteiger partial charge in [-0.05, 0) is 39.0 Å². The standard InChI is InChI=1S/C15H23N3O2/c1-4-17-15(19)12-5-6-13(16)14(7-12)18-8-10(2)20-11(3)9-18/h5-7,10-11H,4,8-9,16H2,1-3H3,(H,17,19)/t10-,11+. The van der Waals surface area contributed by atoms with Gasteiger partial charge in [0, 0.05) is 25.2 Å². The smallest absolute Gasteiger partial charge is 0.251 e. The van der Waals surface area contributed by atoms with E-state index >= 15 is 0 Å². The highest BCUT2D eigenvalue weighted by Gasteiger charge is 2.24. The molecule has 2 atom stereocenters. The van der Waals surface area contributed by atoms with E-state index in [2.05, 4.69) is 10.2 Å². The van der Waals surface area contributed by atoms with Crippen molar-refractivity contribution >= 4 is 17.3 Å². The number of carbonyl (C=O) groups is 1. The van der Waals surface area contributed by atoms with Crippen molar-refractivity contribution in [2.75, 3.05) is 30.3 Å². The molecule has 0 aromatic heterocycles. The number of anilines is 2. The predicted molar refractivity (Wildman–Crippen MR) is 81.1 cm³/mol. The number of nitrogen functional groups attached to an aromatic ring is 1. The van der Waals surface area contributed by atoms with Gasteiger partial charge in [0.2, 0.25) is 0 Å². The van der Waals surface area contributed by atoms with Gasteiger partial charge in [0.1, 0.15) is 0 Å². The number of ether oxygens (including phenoxy) is 1. The molecule has 1 aromatic rings. The molecule has 0 radical (unpaired) electrons. The lowest BCUT2D eigenvalue weighted by atomic mass is 10.1. The van der Waals surface area contributed by atoms with E-state index in [9.17, 15) is 4.79 Å². The zero-order valence-electron chi connectivity index (χ0n) is 12.3. The van der Waals surface area contributed by atoms with E-state index < -0.39 is 0 Å². The summed E-state index contributed by atoms with van der Waals surface area (Å²) >= 11 is 0. The van der Waals surface area contributed by atoms with Gasteiger partial charge >= 0.3 is 0 Å². The number of nitrogens with one attached hydrogen (secondary N) is 1. The third kappa shape index (κ3) is 3.22. The molecule has 1 aromatic carbocycles. The number of hydrogen-bond donors (Lipinski definition) is 2. The number of rotatable bonds is 3. The van der Waals surface area contributed by atoms with Gasteiger partial charge in [0.05, 0.1) is 23.6 Å². The first-order chi connectivity index (χ1) is 9.51. The Morgan fingerprint density at radius 1 is 1.40 bits per heavy atom. The van der Waals surface area contributed by atoms with Crippen molar-refractivity contribution in [1.82, 2.24) is 5.32 Å². The quantitative estimate of drug-likeness (QED) is 0.824. The van der Waals surface area contributed by atoms with E-state index in [0.717, 1.165) is 18.8 Å². The summed E-state index contributed by atoms with van der Waals surface area (Å²) in [6.45, 7) is 8.19. The van der Waals surface area contributed by atoms with Crippen molar-refractivity contribution in [2.45, 2.75) is 33.0 Å². The van der Waals surface area contributed by atoms with Gasteiger partial charge in [-0.1, -0.05) is 0 Å². The number of carbonyl (C=O) groups excluding carboxylic acids is 1. The minimum Gasteiger partial charge on any atom is -0.397 e. The summed E-state index contributed by atoms with van der Waals surface area (Å²) in [6, 6.07) is 5.42. The Morgan fingerprint density at radius 2 is 2.05 bits per heavy atom. The van der Waals surface area contributed by atoms with Crippen LogP contribution in [0.4, 0.5) is 11.4 Å². The molecule has 1 amide bonds. The third-order valence-corrected chi connectivity index (χ3v) is 3.39. The Bertz CT molecular complexity index is 480. The number of morpholine rings is 1. The zero-order chi connectivity index (χ0) is 14.7. The highest BCUT2D eigenvalue weighted by atomic mass is 16.5. The van der Waals surface area contributed by atoms with E-state index in [-0.39, 0.29) is 18.1 Å². The highest BCUT2D eigenvalue weighted by Crippen LogP contribution is 2.27. The summed E-state index contributed by atoms with van der Waals surface area (Å²) in [5.41, 5.74) is 8.32. The molecule has 1 saturated heterocycles. The maximum Gasteiger partial charge on any atom is 0.251 e. The summed E-state index contributed by atoms with van der Waals surface area (Å²) in [7, 11) is 0. The van der Waals surface area contributed by atoms with Crippen LogP contribution >= 0.6 is 0 Å². The molecule has 0 unspecified atom stereocenters. The molecular formula is C15H23N3O2. The largest absolute Gasteiger partial charge is 0.397 e. The minimum absolute atomic E-state index is 0.0666. The molecular weight excluding hydrogens is 254 g/mol. The van der Waals surface area contributed by atoms with Crippen molar-refractivity contribution in [3.05, 3.63) is 23.8 Å². The van der Waals surface area contributed by atoms with E-state index in [1.807, 2.05) is 26.8 Å². The van der Waals surface area contributed by atoms with Crippen LogP contribution in [0.1, 0.15) is 31.1 Å². The number of amides is 1. The van der Waals surface area contributed by atoms with Crippen molar-refractivity contribution in [2.24, 2.45) is 0 Å². The Balaban J connectivity index is 2.26. The van der Waals surface area contributed by atoms with Gasteiger partial charge in [0.15, 0.2) is 0 Å². The molecule has 1 heterocycles. The molecule has 0 spiro atoms. The Labute approximate surface area is 120 Å². The van der Waals surface area contributed by atoms with Crippen LogP contribution in [0.25, 0.3) is 0 Å². The van der Waals surface area contributed by atoms with Gasteiger partial charge in [0.25, 0.3) is 5.91 Å². The Hall–Kier alpha value is -1.75. The van der Waals surface area contributed by atoms with E-state index in [0.29, 0.717) is 17.8 Å². The monoisotopic (exact) mass is 277 g/mol. The fourth-order valence-electron chi connectivity index (χ4n) is 2.60.